The zero-order valence-corrected chi connectivity index (χ0v) is 12.4. The summed E-state index contributed by atoms with van der Waals surface area (Å²) in [6, 6.07) is 8.43. The third-order valence-electron chi connectivity index (χ3n) is 2.16. The molecule has 2 N–H and O–H groups in total. The average molecular weight is 272 g/mol. The molecule has 0 heterocycles. The largest absolute Gasteiger partial charge is 0.324 e. The monoisotopic (exact) mass is 271 g/mol. The summed E-state index contributed by atoms with van der Waals surface area (Å²) in [4.78, 5) is 1.28. The van der Waals surface area contributed by atoms with Gasteiger partial charge in [-0.3, -0.25) is 0 Å². The van der Waals surface area contributed by atoms with Gasteiger partial charge in [-0.05, 0) is 18.1 Å². The van der Waals surface area contributed by atoms with Gasteiger partial charge in [0.1, 0.15) is 0 Å². The Balaban J connectivity index is 0.00000256. The van der Waals surface area contributed by atoms with E-state index in [1.807, 2.05) is 23.9 Å². The molecule has 0 spiro atoms. The Bertz CT molecular complexity index is 357. The molecule has 1 rings (SSSR count). The van der Waals surface area contributed by atoms with E-state index in [4.69, 9.17) is 5.73 Å². The summed E-state index contributed by atoms with van der Waals surface area (Å²) in [6.07, 6.45) is 2.70. The fraction of sp³-hybridized carbons (Fsp3) is 0.429. The Morgan fingerprint density at radius 3 is 2.47 bits per heavy atom. The second kappa shape index (κ2) is 7.10. The zero-order valence-electron chi connectivity index (χ0n) is 10.8. The van der Waals surface area contributed by atoms with Crippen LogP contribution in [-0.4, -0.2) is 4.75 Å². The molecule has 0 unspecified atom stereocenters. The molecule has 0 aliphatic carbocycles. The summed E-state index contributed by atoms with van der Waals surface area (Å²) in [5.41, 5.74) is 7.36. The van der Waals surface area contributed by atoms with Crippen LogP contribution >= 0.6 is 24.2 Å². The Morgan fingerprint density at radius 2 is 1.94 bits per heavy atom. The van der Waals surface area contributed by atoms with Crippen LogP contribution in [0.2, 0.25) is 0 Å². The Labute approximate surface area is 115 Å². The van der Waals surface area contributed by atoms with Crippen LogP contribution in [0.4, 0.5) is 0 Å². The molecule has 0 aliphatic heterocycles. The van der Waals surface area contributed by atoms with E-state index in [-0.39, 0.29) is 23.2 Å². The summed E-state index contributed by atoms with van der Waals surface area (Å²) in [6.45, 7) is 10.4. The topological polar surface area (TPSA) is 26.0 Å². The molecule has 1 aromatic carbocycles. The minimum Gasteiger partial charge on any atom is -0.324 e. The van der Waals surface area contributed by atoms with Crippen LogP contribution in [-0.2, 0) is 0 Å². The fourth-order valence-corrected chi connectivity index (χ4v) is 2.66. The number of hydrogen-bond acceptors (Lipinski definition) is 2. The fourth-order valence-electron chi connectivity index (χ4n) is 1.52. The van der Waals surface area contributed by atoms with Gasteiger partial charge < -0.3 is 5.73 Å². The molecule has 0 fully saturated rings. The van der Waals surface area contributed by atoms with E-state index in [0.29, 0.717) is 0 Å². The maximum Gasteiger partial charge on any atom is 0.0340 e. The maximum atomic E-state index is 6.14. The second-order valence-electron chi connectivity index (χ2n) is 4.88. The summed E-state index contributed by atoms with van der Waals surface area (Å²) in [7, 11) is 0. The van der Waals surface area contributed by atoms with Crippen LogP contribution in [0.5, 0.6) is 0 Å². The summed E-state index contributed by atoms with van der Waals surface area (Å²) >= 11 is 1.87. The van der Waals surface area contributed by atoms with Crippen molar-refractivity contribution in [3.05, 3.63) is 42.5 Å². The minimum atomic E-state index is 0. The van der Waals surface area contributed by atoms with E-state index in [1.54, 1.807) is 0 Å². The third-order valence-corrected chi connectivity index (χ3v) is 3.36. The van der Waals surface area contributed by atoms with Crippen molar-refractivity contribution >= 4 is 24.2 Å². The first-order valence-corrected chi connectivity index (χ1v) is 6.40. The van der Waals surface area contributed by atoms with Crippen molar-refractivity contribution in [2.24, 2.45) is 5.73 Å². The molecular formula is C14H22ClNS. The van der Waals surface area contributed by atoms with Crippen molar-refractivity contribution in [2.75, 3.05) is 0 Å². The van der Waals surface area contributed by atoms with Crippen LogP contribution in [0.25, 0.3) is 0 Å². The van der Waals surface area contributed by atoms with Gasteiger partial charge in [-0.2, -0.15) is 0 Å². The smallest absolute Gasteiger partial charge is 0.0340 e. The van der Waals surface area contributed by atoms with Crippen molar-refractivity contribution in [3.8, 4) is 0 Å². The van der Waals surface area contributed by atoms with Crippen molar-refractivity contribution in [1.29, 1.82) is 0 Å². The van der Waals surface area contributed by atoms with Crippen LogP contribution < -0.4 is 5.73 Å². The summed E-state index contributed by atoms with van der Waals surface area (Å²) < 4.78 is 0.212. The van der Waals surface area contributed by atoms with Gasteiger partial charge in [0.25, 0.3) is 0 Å². The Hall–Kier alpha value is -0.440. The van der Waals surface area contributed by atoms with Crippen LogP contribution in [0, 0.1) is 0 Å². The van der Waals surface area contributed by atoms with Gasteiger partial charge in [-0.15, -0.1) is 30.7 Å². The number of halogens is 1. The lowest BCUT2D eigenvalue weighted by molar-refractivity contribution is 0.723. The van der Waals surface area contributed by atoms with E-state index in [9.17, 15) is 0 Å². The number of hydrogen-bond donors (Lipinski definition) is 1. The lowest BCUT2D eigenvalue weighted by Gasteiger charge is -2.22. The average Bonchev–Trinajstić information content (AvgIpc) is 2.16. The van der Waals surface area contributed by atoms with Gasteiger partial charge in [0.05, 0.1) is 0 Å². The van der Waals surface area contributed by atoms with E-state index in [2.05, 4.69) is 45.5 Å². The Kier molecular flexibility index (Phi) is 6.91. The molecular weight excluding hydrogens is 250 g/mol. The van der Waals surface area contributed by atoms with E-state index in [0.717, 1.165) is 6.42 Å². The molecule has 0 radical (unpaired) electrons. The first-order chi connectivity index (χ1) is 7.44. The van der Waals surface area contributed by atoms with Gasteiger partial charge in [-0.25, -0.2) is 0 Å². The van der Waals surface area contributed by atoms with Crippen molar-refractivity contribution < 1.29 is 0 Å². The highest BCUT2D eigenvalue weighted by Gasteiger charge is 2.16. The minimum absolute atomic E-state index is 0. The third kappa shape index (κ3) is 5.62. The summed E-state index contributed by atoms with van der Waals surface area (Å²) in [5, 5.41) is 0. The zero-order chi connectivity index (χ0) is 12.2. The lowest BCUT2D eigenvalue weighted by Crippen LogP contribution is -2.13. The highest BCUT2D eigenvalue weighted by atomic mass is 35.5. The Morgan fingerprint density at radius 1 is 1.35 bits per heavy atom. The van der Waals surface area contributed by atoms with Gasteiger partial charge in [0, 0.05) is 15.7 Å². The SMILES string of the molecule is C=CC[C@@H](N)c1ccccc1SC(C)(C)C.Cl. The normalized spacial score (nSPS) is 12.7. The molecule has 1 nitrogen and oxygen atoms in total. The van der Waals surface area contributed by atoms with Crippen molar-refractivity contribution in [2.45, 2.75) is 42.9 Å². The van der Waals surface area contributed by atoms with Crippen LogP contribution in [0.1, 0.15) is 38.8 Å². The molecule has 0 aromatic heterocycles. The van der Waals surface area contributed by atoms with Gasteiger partial charge >= 0.3 is 0 Å². The number of benzene rings is 1. The summed E-state index contributed by atoms with van der Waals surface area (Å²) in [5.74, 6) is 0. The molecule has 96 valence electrons. The van der Waals surface area contributed by atoms with Gasteiger partial charge in [0.15, 0.2) is 0 Å². The molecule has 1 atom stereocenters. The van der Waals surface area contributed by atoms with Gasteiger partial charge in [-0.1, -0.05) is 45.0 Å². The molecule has 0 bridgehead atoms. The number of rotatable bonds is 4. The molecule has 1 aromatic rings. The van der Waals surface area contributed by atoms with Crippen molar-refractivity contribution in [1.82, 2.24) is 0 Å². The van der Waals surface area contributed by atoms with Gasteiger partial charge in [0.2, 0.25) is 0 Å². The van der Waals surface area contributed by atoms with Crippen LogP contribution in [0.15, 0.2) is 41.8 Å². The molecule has 0 saturated heterocycles. The molecule has 0 aliphatic rings. The van der Waals surface area contributed by atoms with E-state index < -0.39 is 0 Å². The quantitative estimate of drug-likeness (QED) is 0.641. The highest BCUT2D eigenvalue weighted by molar-refractivity contribution is 8.00. The standard InChI is InChI=1S/C14H21NS.ClH/c1-5-8-12(15)11-9-6-7-10-13(11)16-14(2,3)4;/h5-7,9-10,12H,1,8,15H2,2-4H3;1H/t12-;/m1./s1. The first kappa shape index (κ1) is 16.6. The predicted molar refractivity (Wildman–Crippen MR) is 81.0 cm³/mol. The highest BCUT2D eigenvalue weighted by Crippen LogP contribution is 2.36. The number of thioether (sulfide) groups is 1. The molecule has 0 amide bonds. The maximum absolute atomic E-state index is 6.14. The predicted octanol–water partition coefficient (Wildman–Crippen LogP) is 4.57. The lowest BCUT2D eigenvalue weighted by atomic mass is 10.1. The van der Waals surface area contributed by atoms with E-state index in [1.165, 1.54) is 10.5 Å². The van der Waals surface area contributed by atoms with E-state index >= 15 is 0 Å². The first-order valence-electron chi connectivity index (χ1n) is 5.58. The molecule has 3 heteroatoms. The number of nitrogens with two attached hydrogens (primary N) is 1. The second-order valence-corrected chi connectivity index (χ2v) is 6.75. The van der Waals surface area contributed by atoms with Crippen LogP contribution in [0.3, 0.4) is 0 Å². The van der Waals surface area contributed by atoms with Crippen molar-refractivity contribution in [3.63, 3.8) is 0 Å². The molecule has 0 saturated carbocycles. The molecule has 17 heavy (non-hydrogen) atoms.